The minimum atomic E-state index is -0.351. The molecule has 2 aromatic rings. The zero-order chi connectivity index (χ0) is 30.9. The number of benzene rings is 3. The summed E-state index contributed by atoms with van der Waals surface area (Å²) < 4.78 is 34.9. The highest BCUT2D eigenvalue weighted by molar-refractivity contribution is 6.03. The van der Waals surface area contributed by atoms with E-state index < -0.39 is 0 Å². The number of carbonyl (C=O) groups is 1. The van der Waals surface area contributed by atoms with Gasteiger partial charge in [0.2, 0.25) is 0 Å². The lowest BCUT2D eigenvalue weighted by Gasteiger charge is -2.26. The van der Waals surface area contributed by atoms with E-state index in [-0.39, 0.29) is 12.5 Å². The minimum absolute atomic E-state index is 0.0513. The van der Waals surface area contributed by atoms with Crippen LogP contribution >= 0.6 is 0 Å². The molecule has 2 aromatic carbocycles. The Morgan fingerprint density at radius 3 is 2.39 bits per heavy atom. The molecule has 5 rings (SSSR count). The summed E-state index contributed by atoms with van der Waals surface area (Å²) in [7, 11) is 5.41. The number of esters is 1. The average Bonchev–Trinajstić information content (AvgIpc) is 3.03. The van der Waals surface area contributed by atoms with Gasteiger partial charge in [0.05, 0.1) is 57.8 Å². The SMILES string of the molecule is CCN=c1ccc2c(-c3ccc4c(c3)OCCOCCOCCOCCN4CC(=O)OC)c3ccc(N(C)C)cc3oc-2c1. The molecule has 10 heteroatoms. The molecule has 0 saturated heterocycles. The van der Waals surface area contributed by atoms with Crippen LogP contribution in [-0.4, -0.2) is 93.1 Å². The molecule has 1 aliphatic carbocycles. The molecule has 0 spiro atoms. The predicted octanol–water partition coefficient (Wildman–Crippen LogP) is 4.61. The lowest BCUT2D eigenvalue weighted by atomic mass is 9.93. The van der Waals surface area contributed by atoms with E-state index in [9.17, 15) is 4.79 Å². The zero-order valence-corrected chi connectivity index (χ0v) is 26.0. The highest BCUT2D eigenvalue weighted by atomic mass is 16.6. The van der Waals surface area contributed by atoms with Gasteiger partial charge in [0.15, 0.2) is 0 Å². The van der Waals surface area contributed by atoms with Crippen molar-refractivity contribution in [2.24, 2.45) is 4.99 Å². The van der Waals surface area contributed by atoms with E-state index in [1.165, 1.54) is 7.11 Å². The molecule has 0 bridgehead atoms. The molecule has 44 heavy (non-hydrogen) atoms. The fraction of sp³-hybridized carbons (Fsp3) is 0.412. The Morgan fingerprint density at radius 2 is 1.66 bits per heavy atom. The third kappa shape index (κ3) is 7.50. The van der Waals surface area contributed by atoms with Crippen molar-refractivity contribution in [3.63, 3.8) is 0 Å². The second-order valence-electron chi connectivity index (χ2n) is 10.6. The molecule has 0 radical (unpaired) electrons. The Bertz CT molecular complexity index is 1600. The van der Waals surface area contributed by atoms with Gasteiger partial charge in [-0.1, -0.05) is 6.07 Å². The van der Waals surface area contributed by atoms with E-state index in [0.29, 0.717) is 65.1 Å². The highest BCUT2D eigenvalue weighted by Gasteiger charge is 2.22. The number of hydrogen-bond donors (Lipinski definition) is 0. The molecular weight excluding hydrogens is 562 g/mol. The quantitative estimate of drug-likeness (QED) is 0.239. The first-order valence-corrected chi connectivity index (χ1v) is 15.0. The van der Waals surface area contributed by atoms with Crippen LogP contribution in [0.3, 0.4) is 0 Å². The monoisotopic (exact) mass is 603 g/mol. The number of ether oxygens (including phenoxy) is 5. The topological polar surface area (TPSA) is 95.2 Å². The van der Waals surface area contributed by atoms with Crippen LogP contribution in [0.4, 0.5) is 11.4 Å². The second kappa shape index (κ2) is 15.1. The zero-order valence-electron chi connectivity index (χ0n) is 26.0. The van der Waals surface area contributed by atoms with Crippen molar-refractivity contribution in [2.75, 3.05) is 96.9 Å². The van der Waals surface area contributed by atoms with Gasteiger partial charge in [-0.15, -0.1) is 0 Å². The van der Waals surface area contributed by atoms with Crippen LogP contribution in [0.5, 0.6) is 5.75 Å². The second-order valence-corrected chi connectivity index (χ2v) is 10.6. The molecule has 2 heterocycles. The summed E-state index contributed by atoms with van der Waals surface area (Å²) in [6, 6.07) is 18.4. The number of methoxy groups -OCH3 is 1. The van der Waals surface area contributed by atoms with E-state index in [0.717, 1.165) is 50.2 Å². The van der Waals surface area contributed by atoms with Crippen LogP contribution in [-0.2, 0) is 23.7 Å². The Kier molecular flexibility index (Phi) is 10.7. The normalized spacial score (nSPS) is 15.7. The Balaban J connectivity index is 1.65. The maximum atomic E-state index is 12.4. The molecule has 0 fully saturated rings. The predicted molar refractivity (Wildman–Crippen MR) is 171 cm³/mol. The van der Waals surface area contributed by atoms with Gasteiger partial charge in [-0.25, -0.2) is 0 Å². The van der Waals surface area contributed by atoms with Gasteiger partial charge in [0.25, 0.3) is 0 Å². The van der Waals surface area contributed by atoms with E-state index >= 15 is 0 Å². The summed E-state index contributed by atoms with van der Waals surface area (Å²) in [5, 5.41) is 1.84. The molecule has 0 saturated carbocycles. The summed E-state index contributed by atoms with van der Waals surface area (Å²) in [4.78, 5) is 21.0. The Morgan fingerprint density at radius 1 is 0.909 bits per heavy atom. The number of nitrogens with zero attached hydrogens (tertiary/aromatic N) is 3. The van der Waals surface area contributed by atoms with Crippen molar-refractivity contribution in [3.8, 4) is 28.2 Å². The molecule has 2 aliphatic heterocycles. The van der Waals surface area contributed by atoms with E-state index in [1.807, 2.05) is 50.2 Å². The third-order valence-electron chi connectivity index (χ3n) is 7.42. The fourth-order valence-corrected chi connectivity index (χ4v) is 5.22. The maximum absolute atomic E-state index is 12.4. The fourth-order valence-electron chi connectivity index (χ4n) is 5.22. The molecule has 0 aromatic heterocycles. The standard InChI is InChI=1S/C34H41N3O7/c1-5-35-25-7-9-27-30(21-25)44-31-22-26(36(2)3)8-10-28(31)34(27)24-6-11-29-32(20-24)43-19-18-42-17-16-41-15-14-40-13-12-37(29)23-33(38)39-4/h6-11,20-22H,5,12-19,23H2,1-4H3. The maximum Gasteiger partial charge on any atom is 0.325 e. The van der Waals surface area contributed by atoms with Gasteiger partial charge in [-0.05, 0) is 48.9 Å². The van der Waals surface area contributed by atoms with Crippen molar-refractivity contribution in [1.82, 2.24) is 0 Å². The van der Waals surface area contributed by atoms with Crippen molar-refractivity contribution in [3.05, 3.63) is 60.0 Å². The van der Waals surface area contributed by atoms with Crippen LogP contribution in [0.25, 0.3) is 33.4 Å². The lowest BCUT2D eigenvalue weighted by molar-refractivity contribution is -0.139. The molecule has 0 unspecified atom stereocenters. The summed E-state index contributed by atoms with van der Waals surface area (Å²) in [5.74, 6) is 1.03. The van der Waals surface area contributed by atoms with Gasteiger partial charge >= 0.3 is 5.97 Å². The summed E-state index contributed by atoms with van der Waals surface area (Å²) in [5.41, 5.74) is 5.51. The van der Waals surface area contributed by atoms with Gasteiger partial charge in [0.1, 0.15) is 30.2 Å². The molecule has 0 amide bonds. The van der Waals surface area contributed by atoms with Crippen LogP contribution < -0.4 is 19.9 Å². The summed E-state index contributed by atoms with van der Waals surface area (Å²) in [6.07, 6.45) is 0. The Labute approximate surface area is 258 Å². The minimum Gasteiger partial charge on any atom is -0.489 e. The van der Waals surface area contributed by atoms with Crippen molar-refractivity contribution < 1.29 is 32.9 Å². The molecular formula is C34H41N3O7. The molecule has 0 atom stereocenters. The average molecular weight is 604 g/mol. The lowest BCUT2D eigenvalue weighted by Crippen LogP contribution is -2.34. The van der Waals surface area contributed by atoms with Crippen molar-refractivity contribution in [1.29, 1.82) is 0 Å². The summed E-state index contributed by atoms with van der Waals surface area (Å²) >= 11 is 0. The van der Waals surface area contributed by atoms with Crippen molar-refractivity contribution in [2.45, 2.75) is 6.92 Å². The number of fused-ring (bicyclic) bond motifs is 3. The van der Waals surface area contributed by atoms with Crippen LogP contribution in [0, 0.1) is 0 Å². The number of carbonyl (C=O) groups excluding carboxylic acids is 1. The van der Waals surface area contributed by atoms with Crippen LogP contribution in [0.2, 0.25) is 0 Å². The summed E-state index contributed by atoms with van der Waals surface area (Å²) in [6.45, 7) is 6.24. The molecule has 3 aliphatic rings. The highest BCUT2D eigenvalue weighted by Crippen LogP contribution is 2.43. The smallest absolute Gasteiger partial charge is 0.325 e. The van der Waals surface area contributed by atoms with E-state index in [4.69, 9.17) is 28.1 Å². The van der Waals surface area contributed by atoms with Gasteiger partial charge in [-0.3, -0.25) is 9.79 Å². The van der Waals surface area contributed by atoms with E-state index in [2.05, 4.69) is 40.2 Å². The van der Waals surface area contributed by atoms with Crippen LogP contribution in [0.15, 0.2) is 64.0 Å². The molecule has 0 N–H and O–H groups in total. The third-order valence-corrected chi connectivity index (χ3v) is 7.42. The first-order chi connectivity index (χ1) is 21.5. The van der Waals surface area contributed by atoms with Crippen molar-refractivity contribution >= 4 is 28.3 Å². The van der Waals surface area contributed by atoms with Gasteiger partial charge < -0.3 is 37.9 Å². The molecule has 234 valence electrons. The largest absolute Gasteiger partial charge is 0.489 e. The Hall–Kier alpha value is -4.12. The van der Waals surface area contributed by atoms with Gasteiger partial charge in [-0.2, -0.15) is 0 Å². The van der Waals surface area contributed by atoms with Gasteiger partial charge in [0, 0.05) is 61.5 Å². The first kappa shape index (κ1) is 31.3. The first-order valence-electron chi connectivity index (χ1n) is 15.0. The number of rotatable bonds is 5. The number of hydrogen-bond acceptors (Lipinski definition) is 10. The molecule has 10 nitrogen and oxygen atoms in total. The van der Waals surface area contributed by atoms with Crippen LogP contribution in [0.1, 0.15) is 6.92 Å². The van der Waals surface area contributed by atoms with E-state index in [1.54, 1.807) is 0 Å². The number of anilines is 2.